The Labute approximate surface area is 199 Å². The van der Waals surface area contributed by atoms with Crippen LogP contribution in [0.3, 0.4) is 0 Å². The molecule has 2 rings (SSSR count). The molecule has 0 spiro atoms. The van der Waals surface area contributed by atoms with Crippen molar-refractivity contribution in [2.45, 2.75) is 96.3 Å². The minimum Gasteiger partial charge on any atom is -0.462 e. The van der Waals surface area contributed by atoms with Crippen LogP contribution in [0.5, 0.6) is 0 Å². The summed E-state index contributed by atoms with van der Waals surface area (Å²) in [6.45, 7) is 2.31. The largest absolute Gasteiger partial charge is 0.462 e. The van der Waals surface area contributed by atoms with E-state index in [9.17, 15) is 4.79 Å². The van der Waals surface area contributed by atoms with E-state index in [0.29, 0.717) is 12.2 Å². The van der Waals surface area contributed by atoms with Gasteiger partial charge in [-0.3, -0.25) is 0 Å². The SMILES string of the molecule is O=C(OCCCCCCCCCCCCCCCCOCCc1ccsc1)C1=C=CC=C1. The monoisotopic (exact) mass is 458 g/mol. The van der Waals surface area contributed by atoms with Gasteiger partial charge in [-0.25, -0.2) is 4.79 Å². The molecule has 0 fully saturated rings. The van der Waals surface area contributed by atoms with E-state index in [2.05, 4.69) is 22.6 Å². The summed E-state index contributed by atoms with van der Waals surface area (Å²) in [4.78, 5) is 11.7. The van der Waals surface area contributed by atoms with Crippen LogP contribution in [0.25, 0.3) is 0 Å². The van der Waals surface area contributed by atoms with Crippen molar-refractivity contribution in [3.8, 4) is 0 Å². The molecule has 0 saturated carbocycles. The number of allylic oxidation sites excluding steroid dienone is 1. The van der Waals surface area contributed by atoms with Crippen LogP contribution in [-0.2, 0) is 20.7 Å². The van der Waals surface area contributed by atoms with Gasteiger partial charge in [0.2, 0.25) is 0 Å². The second-order valence-electron chi connectivity index (χ2n) is 8.66. The Balaban J connectivity index is 1.20. The van der Waals surface area contributed by atoms with Crippen molar-refractivity contribution < 1.29 is 14.3 Å². The Morgan fingerprint density at radius 1 is 0.781 bits per heavy atom. The van der Waals surface area contributed by atoms with Gasteiger partial charge in [0.25, 0.3) is 0 Å². The summed E-state index contributed by atoms with van der Waals surface area (Å²) >= 11 is 1.76. The Kier molecular flexibility index (Phi) is 15.7. The molecule has 1 aliphatic carbocycles. The highest BCUT2D eigenvalue weighted by Crippen LogP contribution is 2.13. The van der Waals surface area contributed by atoms with Gasteiger partial charge in [-0.15, -0.1) is 5.73 Å². The molecule has 32 heavy (non-hydrogen) atoms. The molecule has 3 nitrogen and oxygen atoms in total. The Bertz CT molecular complexity index is 684. The molecule has 0 bridgehead atoms. The third-order valence-corrected chi connectivity index (χ3v) is 6.58. The third kappa shape index (κ3) is 13.7. The molecule has 0 unspecified atom stereocenters. The van der Waals surface area contributed by atoms with Crippen molar-refractivity contribution in [3.05, 3.63) is 51.9 Å². The van der Waals surface area contributed by atoms with Crippen LogP contribution < -0.4 is 0 Å². The van der Waals surface area contributed by atoms with Gasteiger partial charge in [0, 0.05) is 6.61 Å². The van der Waals surface area contributed by atoms with Crippen molar-refractivity contribution in [3.63, 3.8) is 0 Å². The van der Waals surface area contributed by atoms with Crippen LogP contribution in [0.15, 0.2) is 46.4 Å². The van der Waals surface area contributed by atoms with Gasteiger partial charge in [0.05, 0.1) is 13.2 Å². The molecule has 4 heteroatoms. The summed E-state index contributed by atoms with van der Waals surface area (Å²) in [5.74, 6) is -0.246. The summed E-state index contributed by atoms with van der Waals surface area (Å²) in [5, 5.41) is 4.34. The van der Waals surface area contributed by atoms with Gasteiger partial charge >= 0.3 is 5.97 Å². The Morgan fingerprint density at radius 2 is 1.38 bits per heavy atom. The highest BCUT2D eigenvalue weighted by Gasteiger charge is 2.08. The molecule has 178 valence electrons. The number of thiophene rings is 1. The van der Waals surface area contributed by atoms with Crippen LogP contribution in [0.4, 0.5) is 0 Å². The van der Waals surface area contributed by atoms with Crippen LogP contribution in [-0.4, -0.2) is 25.8 Å². The maximum atomic E-state index is 11.7. The van der Waals surface area contributed by atoms with E-state index in [1.807, 2.05) is 6.08 Å². The van der Waals surface area contributed by atoms with Gasteiger partial charge in [-0.05, 0) is 53.8 Å². The van der Waals surface area contributed by atoms with Crippen LogP contribution in [0.2, 0.25) is 0 Å². The number of carbonyl (C=O) groups is 1. The Morgan fingerprint density at radius 3 is 1.91 bits per heavy atom. The molecule has 0 aromatic carbocycles. The third-order valence-electron chi connectivity index (χ3n) is 5.85. The predicted molar refractivity (Wildman–Crippen MR) is 135 cm³/mol. The first-order valence-electron chi connectivity index (χ1n) is 12.8. The number of hydrogen-bond acceptors (Lipinski definition) is 4. The topological polar surface area (TPSA) is 35.5 Å². The number of esters is 1. The first-order valence-corrected chi connectivity index (χ1v) is 13.7. The van der Waals surface area contributed by atoms with Crippen LogP contribution in [0.1, 0.15) is 95.5 Å². The lowest BCUT2D eigenvalue weighted by Gasteiger charge is -2.05. The lowest BCUT2D eigenvalue weighted by Crippen LogP contribution is -2.06. The second kappa shape index (κ2) is 18.9. The number of hydrogen-bond donors (Lipinski definition) is 0. The van der Waals surface area contributed by atoms with Crippen molar-refractivity contribution in [1.29, 1.82) is 0 Å². The summed E-state index contributed by atoms with van der Waals surface area (Å²) in [5.41, 5.74) is 4.81. The summed E-state index contributed by atoms with van der Waals surface area (Å²) < 4.78 is 11.0. The first-order chi connectivity index (χ1) is 15.9. The molecular formula is C28H42O3S. The molecule has 0 saturated heterocycles. The zero-order chi connectivity index (χ0) is 22.5. The average Bonchev–Trinajstić information content (AvgIpc) is 3.52. The number of unbranched alkanes of at least 4 members (excludes halogenated alkanes) is 13. The fourth-order valence-corrected chi connectivity index (χ4v) is 4.56. The summed E-state index contributed by atoms with van der Waals surface area (Å²) in [6.07, 6.45) is 24.5. The van der Waals surface area contributed by atoms with E-state index in [1.165, 1.54) is 82.6 Å². The van der Waals surface area contributed by atoms with Gasteiger partial charge in [-0.2, -0.15) is 11.3 Å². The molecule has 1 aromatic heterocycles. The van der Waals surface area contributed by atoms with Gasteiger partial charge in [0.15, 0.2) is 0 Å². The fraction of sp³-hybridized carbons (Fsp3) is 0.643. The van der Waals surface area contributed by atoms with E-state index >= 15 is 0 Å². The number of ether oxygens (including phenoxy) is 2. The highest BCUT2D eigenvalue weighted by molar-refractivity contribution is 7.07. The molecule has 0 aliphatic heterocycles. The second-order valence-corrected chi connectivity index (χ2v) is 9.44. The molecule has 1 aliphatic rings. The summed E-state index contributed by atoms with van der Waals surface area (Å²) in [7, 11) is 0. The van der Waals surface area contributed by atoms with Gasteiger partial charge in [0.1, 0.15) is 5.57 Å². The van der Waals surface area contributed by atoms with Crippen molar-refractivity contribution in [2.75, 3.05) is 19.8 Å². The van der Waals surface area contributed by atoms with Crippen LogP contribution in [0, 0.1) is 0 Å². The Hall–Kier alpha value is -1.61. The number of carbonyl (C=O) groups excluding carboxylic acids is 1. The van der Waals surface area contributed by atoms with Crippen molar-refractivity contribution in [1.82, 2.24) is 0 Å². The molecule has 1 aromatic rings. The zero-order valence-electron chi connectivity index (χ0n) is 19.8. The predicted octanol–water partition coefficient (Wildman–Crippen LogP) is 7.96. The standard InChI is InChI=1S/C28H42O3S/c29-28(27-17-13-14-18-27)31-22-16-12-10-8-6-4-2-1-3-5-7-9-11-15-21-30-23-19-26-20-24-32-25-26/h13-14,17,20,24-25H,1-12,15-16,19,21-23H2. The van der Waals surface area contributed by atoms with E-state index in [-0.39, 0.29) is 5.97 Å². The summed E-state index contributed by atoms with van der Waals surface area (Å²) in [6, 6.07) is 2.18. The van der Waals surface area contributed by atoms with Crippen molar-refractivity contribution >= 4 is 17.3 Å². The molecule has 0 atom stereocenters. The highest BCUT2D eigenvalue weighted by atomic mass is 32.1. The normalized spacial score (nSPS) is 12.4. The molecular weight excluding hydrogens is 416 g/mol. The van der Waals surface area contributed by atoms with Gasteiger partial charge < -0.3 is 9.47 Å². The lowest BCUT2D eigenvalue weighted by atomic mass is 10.0. The first kappa shape index (κ1) is 26.6. The minimum atomic E-state index is -0.246. The number of rotatable bonds is 21. The minimum absolute atomic E-state index is 0.246. The lowest BCUT2D eigenvalue weighted by molar-refractivity contribution is -0.138. The van der Waals surface area contributed by atoms with E-state index in [4.69, 9.17) is 9.47 Å². The van der Waals surface area contributed by atoms with E-state index in [0.717, 1.165) is 32.5 Å². The zero-order valence-corrected chi connectivity index (χ0v) is 20.6. The molecule has 0 N–H and O–H groups in total. The van der Waals surface area contributed by atoms with Gasteiger partial charge in [-0.1, -0.05) is 83.1 Å². The fourth-order valence-electron chi connectivity index (χ4n) is 3.85. The smallest absolute Gasteiger partial charge is 0.346 e. The quantitative estimate of drug-likeness (QED) is 0.106. The average molecular weight is 459 g/mol. The maximum Gasteiger partial charge on any atom is 0.346 e. The molecule has 0 amide bonds. The molecule has 0 radical (unpaired) electrons. The van der Waals surface area contributed by atoms with E-state index in [1.54, 1.807) is 23.5 Å². The van der Waals surface area contributed by atoms with Crippen LogP contribution >= 0.6 is 11.3 Å². The van der Waals surface area contributed by atoms with Crippen molar-refractivity contribution in [2.24, 2.45) is 0 Å². The van der Waals surface area contributed by atoms with E-state index < -0.39 is 0 Å². The molecule has 1 heterocycles. The maximum absolute atomic E-state index is 11.7.